The number of carbonyl (C=O) groups excluding carboxylic acids is 3. The average Bonchev–Trinajstić information content (AvgIpc) is 3.31. The Morgan fingerprint density at radius 2 is 1.02 bits per heavy atom. The minimum Gasteiger partial charge on any atom is -0.490 e. The van der Waals surface area contributed by atoms with Crippen LogP contribution in [0.25, 0.3) is 0 Å². The summed E-state index contributed by atoms with van der Waals surface area (Å²) in [5.41, 5.74) is 8.83. The van der Waals surface area contributed by atoms with Crippen molar-refractivity contribution >= 4 is 17.9 Å². The molecule has 0 radical (unpaired) electrons. The summed E-state index contributed by atoms with van der Waals surface area (Å²) in [6.45, 7) is 14.2. The van der Waals surface area contributed by atoms with Gasteiger partial charge in [-0.15, -0.1) is 0 Å². The largest absolute Gasteiger partial charge is 0.490 e. The molecule has 12 heteroatoms. The van der Waals surface area contributed by atoms with Gasteiger partial charge in [-0.3, -0.25) is 9.59 Å². The number of nitrogens with one attached hydrogen (secondary N) is 1. The summed E-state index contributed by atoms with van der Waals surface area (Å²) in [5.74, 6) is 2.98. The van der Waals surface area contributed by atoms with Gasteiger partial charge in [-0.05, 0) is 112 Å². The molecule has 0 unspecified atom stereocenters. The van der Waals surface area contributed by atoms with Crippen LogP contribution in [0, 0.1) is 0 Å². The Bertz CT molecular complexity index is 1720. The van der Waals surface area contributed by atoms with Crippen LogP contribution < -0.4 is 30.0 Å². The molecule has 0 heterocycles. The van der Waals surface area contributed by atoms with E-state index in [0.29, 0.717) is 117 Å². The number of amides is 3. The molecular formula is C52H80N4O8. The zero-order valence-electron chi connectivity index (χ0n) is 39.7. The number of carbonyl (C=O) groups is 3. The number of hydrogen-bond donors (Lipinski definition) is 2. The first-order chi connectivity index (χ1) is 31.3. The number of unbranched alkanes of at least 4 members (excludes halogenated alkanes) is 5. The van der Waals surface area contributed by atoms with Gasteiger partial charge in [0, 0.05) is 45.6 Å². The van der Waals surface area contributed by atoms with Crippen LogP contribution in [0.15, 0.2) is 66.7 Å². The fourth-order valence-electron chi connectivity index (χ4n) is 6.79. The van der Waals surface area contributed by atoms with Crippen molar-refractivity contribution in [1.82, 2.24) is 15.1 Å². The summed E-state index contributed by atoms with van der Waals surface area (Å²) < 4.78 is 29.9. The van der Waals surface area contributed by atoms with Gasteiger partial charge >= 0.3 is 6.09 Å². The Morgan fingerprint density at radius 3 is 1.55 bits per heavy atom. The highest BCUT2D eigenvalue weighted by molar-refractivity contribution is 5.77. The van der Waals surface area contributed by atoms with E-state index in [4.69, 9.17) is 29.4 Å². The van der Waals surface area contributed by atoms with Crippen LogP contribution >= 0.6 is 0 Å². The van der Waals surface area contributed by atoms with Crippen molar-refractivity contribution in [3.05, 3.63) is 83.4 Å². The predicted octanol–water partition coefficient (Wildman–Crippen LogP) is 10.1. The van der Waals surface area contributed by atoms with Crippen LogP contribution in [0.3, 0.4) is 0 Å². The lowest BCUT2D eigenvalue weighted by Crippen LogP contribution is -2.37. The molecule has 3 aromatic rings. The molecule has 0 aliphatic heterocycles. The third-order valence-electron chi connectivity index (χ3n) is 10.8. The lowest BCUT2D eigenvalue weighted by Gasteiger charge is -2.25. The lowest BCUT2D eigenvalue weighted by molar-refractivity contribution is -0.131. The van der Waals surface area contributed by atoms with Crippen LogP contribution in [-0.2, 0) is 33.8 Å². The van der Waals surface area contributed by atoms with Crippen molar-refractivity contribution in [2.75, 3.05) is 65.7 Å². The second-order valence-corrected chi connectivity index (χ2v) is 16.3. The fourth-order valence-corrected chi connectivity index (χ4v) is 6.79. The summed E-state index contributed by atoms with van der Waals surface area (Å²) in [6.07, 6.45) is 12.2. The average molecular weight is 889 g/mol. The Labute approximate surface area is 384 Å². The van der Waals surface area contributed by atoms with Gasteiger partial charge in [-0.25, -0.2) is 4.79 Å². The number of hydrogen-bond acceptors (Lipinski definition) is 9. The Balaban J connectivity index is 1.53. The minimum absolute atomic E-state index is 0.0497. The molecule has 0 spiro atoms. The number of nitrogens with two attached hydrogens (primary N) is 1. The maximum Gasteiger partial charge on any atom is 0.410 e. The van der Waals surface area contributed by atoms with E-state index in [-0.39, 0.29) is 18.4 Å². The summed E-state index contributed by atoms with van der Waals surface area (Å²) in [5, 5.41) is 3.03. The Morgan fingerprint density at radius 1 is 0.531 bits per heavy atom. The molecule has 3 rings (SSSR count). The summed E-state index contributed by atoms with van der Waals surface area (Å²) >= 11 is 0. The lowest BCUT2D eigenvalue weighted by atomic mass is 10.1. The predicted molar refractivity (Wildman–Crippen MR) is 256 cm³/mol. The molecule has 0 bridgehead atoms. The van der Waals surface area contributed by atoms with Gasteiger partial charge in [0.1, 0.15) is 6.61 Å². The smallest absolute Gasteiger partial charge is 0.410 e. The van der Waals surface area contributed by atoms with Gasteiger partial charge in [0.2, 0.25) is 11.8 Å². The molecule has 3 N–H and O–H groups in total. The van der Waals surface area contributed by atoms with E-state index in [0.717, 1.165) is 91.1 Å². The van der Waals surface area contributed by atoms with E-state index >= 15 is 0 Å². The highest BCUT2D eigenvalue weighted by atomic mass is 16.6. The highest BCUT2D eigenvalue weighted by Gasteiger charge is 2.18. The van der Waals surface area contributed by atoms with Crippen molar-refractivity contribution in [2.24, 2.45) is 5.73 Å². The zero-order chi connectivity index (χ0) is 46.0. The molecule has 0 aromatic heterocycles. The van der Waals surface area contributed by atoms with Gasteiger partial charge in [0.05, 0.1) is 26.4 Å². The van der Waals surface area contributed by atoms with Gasteiger partial charge in [0.25, 0.3) is 0 Å². The number of aryl methyl sites for hydroxylation is 2. The second-order valence-electron chi connectivity index (χ2n) is 16.3. The molecule has 0 atom stereocenters. The Kier molecular flexibility index (Phi) is 28.0. The van der Waals surface area contributed by atoms with Crippen LogP contribution in [0.2, 0.25) is 0 Å². The maximum atomic E-state index is 13.6. The third-order valence-corrected chi connectivity index (χ3v) is 10.8. The van der Waals surface area contributed by atoms with Crippen molar-refractivity contribution in [3.8, 4) is 23.0 Å². The first-order valence-corrected chi connectivity index (χ1v) is 24.3. The normalized spacial score (nSPS) is 10.9. The quantitative estimate of drug-likeness (QED) is 0.0546. The van der Waals surface area contributed by atoms with E-state index in [1.165, 1.54) is 0 Å². The van der Waals surface area contributed by atoms with Gasteiger partial charge in [-0.1, -0.05) is 95.8 Å². The zero-order valence-corrected chi connectivity index (χ0v) is 39.7. The van der Waals surface area contributed by atoms with Crippen LogP contribution in [-0.4, -0.2) is 93.4 Å². The minimum atomic E-state index is -0.398. The SMILES string of the molecule is CCCCOc1ccc(CCC(=O)NCCCN(CCCCN(CCCN)C(=O)CCc2ccc(OCCCC)c(OCCCC)c2)C(=O)OCc2ccccc2)cc1OCCCC. The summed E-state index contributed by atoms with van der Waals surface area (Å²) in [4.78, 5) is 43.5. The second kappa shape index (κ2) is 33.5. The molecule has 3 amide bonds. The summed E-state index contributed by atoms with van der Waals surface area (Å²) in [6, 6.07) is 21.5. The van der Waals surface area contributed by atoms with Gasteiger partial charge in [0.15, 0.2) is 23.0 Å². The standard InChI is InChI=1S/C52H80N4O8/c1-5-9-36-60-46-26-22-43(40-48(46)62-38-11-7-3)24-28-50(57)54-31-19-35-56(52(59)64-42-45-20-14-13-15-21-45)33-17-16-32-55(34-18-30-53)51(58)29-25-44-23-27-47(61-37-10-6-2)49(41-44)63-39-12-8-4/h13-15,20-23,26-27,40-41H,5-12,16-19,24-25,28-39,42,53H2,1-4H3,(H,54,57). The molecule has 0 aliphatic rings. The van der Waals surface area contributed by atoms with Crippen molar-refractivity contribution in [2.45, 2.75) is 137 Å². The number of rotatable bonds is 36. The van der Waals surface area contributed by atoms with Crippen molar-refractivity contribution in [1.29, 1.82) is 0 Å². The van der Waals surface area contributed by atoms with Gasteiger partial charge in [-0.2, -0.15) is 0 Å². The molecule has 0 fully saturated rings. The molecule has 64 heavy (non-hydrogen) atoms. The number of nitrogens with zero attached hydrogens (tertiary/aromatic N) is 2. The first-order valence-electron chi connectivity index (χ1n) is 24.3. The Hall–Kier alpha value is -4.97. The molecule has 3 aromatic carbocycles. The highest BCUT2D eigenvalue weighted by Crippen LogP contribution is 2.31. The van der Waals surface area contributed by atoms with Crippen LogP contribution in [0.5, 0.6) is 23.0 Å². The topological polar surface area (TPSA) is 142 Å². The van der Waals surface area contributed by atoms with E-state index < -0.39 is 6.09 Å². The van der Waals surface area contributed by atoms with E-state index in [1.54, 1.807) is 4.90 Å². The van der Waals surface area contributed by atoms with Crippen LogP contribution in [0.1, 0.15) is 134 Å². The molecule has 356 valence electrons. The fraction of sp³-hybridized carbons (Fsp3) is 0.596. The van der Waals surface area contributed by atoms with E-state index in [2.05, 4.69) is 33.0 Å². The molecular weight excluding hydrogens is 809 g/mol. The molecule has 12 nitrogen and oxygen atoms in total. The maximum absolute atomic E-state index is 13.6. The number of ether oxygens (including phenoxy) is 5. The third kappa shape index (κ3) is 22.1. The monoisotopic (exact) mass is 889 g/mol. The molecule has 0 aliphatic carbocycles. The van der Waals surface area contributed by atoms with E-state index in [9.17, 15) is 14.4 Å². The summed E-state index contributed by atoms with van der Waals surface area (Å²) in [7, 11) is 0. The first kappa shape index (κ1) is 53.4. The van der Waals surface area contributed by atoms with Crippen LogP contribution in [0.4, 0.5) is 4.79 Å². The van der Waals surface area contributed by atoms with Crippen molar-refractivity contribution < 1.29 is 38.1 Å². The van der Waals surface area contributed by atoms with E-state index in [1.807, 2.05) is 71.6 Å². The molecule has 0 saturated carbocycles. The molecule has 0 saturated heterocycles. The van der Waals surface area contributed by atoms with Crippen molar-refractivity contribution in [3.63, 3.8) is 0 Å². The number of benzene rings is 3. The van der Waals surface area contributed by atoms with Gasteiger partial charge < -0.3 is 44.5 Å².